The van der Waals surface area contributed by atoms with Gasteiger partial charge in [0.15, 0.2) is 0 Å². The van der Waals surface area contributed by atoms with Crippen LogP contribution in [0, 0.1) is 5.41 Å². The average molecular weight is 272 g/mol. The van der Waals surface area contributed by atoms with Crippen molar-refractivity contribution in [1.82, 2.24) is 0 Å². The Balaban J connectivity index is 2.09. The lowest BCUT2D eigenvalue weighted by molar-refractivity contribution is -0.104. The van der Waals surface area contributed by atoms with E-state index in [1.165, 1.54) is 0 Å². The lowest BCUT2D eigenvalue weighted by atomic mass is 9.77. The molecule has 104 valence electrons. The Bertz CT molecular complexity index is 318. The van der Waals surface area contributed by atoms with E-state index >= 15 is 0 Å². The first-order valence-electron chi connectivity index (χ1n) is 6.58. The summed E-state index contributed by atoms with van der Waals surface area (Å²) < 4.78 is 17.5. The van der Waals surface area contributed by atoms with Gasteiger partial charge in [0.1, 0.15) is 6.79 Å². The van der Waals surface area contributed by atoms with E-state index < -0.39 is 0 Å². The molecule has 2 aliphatic heterocycles. The van der Waals surface area contributed by atoms with E-state index in [0.717, 1.165) is 12.8 Å². The molecule has 0 aromatic heterocycles. The van der Waals surface area contributed by atoms with Gasteiger partial charge in [-0.15, -0.1) is 6.58 Å². The van der Waals surface area contributed by atoms with Gasteiger partial charge in [0, 0.05) is 11.2 Å². The van der Waals surface area contributed by atoms with Crippen LogP contribution in [0.1, 0.15) is 33.6 Å². The summed E-state index contributed by atoms with van der Waals surface area (Å²) in [6, 6.07) is 0. The van der Waals surface area contributed by atoms with E-state index in [-0.39, 0.29) is 29.3 Å². The lowest BCUT2D eigenvalue weighted by Gasteiger charge is -2.38. The van der Waals surface area contributed by atoms with Gasteiger partial charge in [0.2, 0.25) is 0 Å². The van der Waals surface area contributed by atoms with Gasteiger partial charge in [-0.2, -0.15) is 12.6 Å². The molecule has 0 N–H and O–H groups in total. The molecular weight excluding hydrogens is 248 g/mol. The maximum atomic E-state index is 6.19. The minimum absolute atomic E-state index is 0.0483. The molecule has 0 aromatic rings. The van der Waals surface area contributed by atoms with E-state index in [2.05, 4.69) is 40.0 Å². The van der Waals surface area contributed by atoms with Gasteiger partial charge in [-0.1, -0.05) is 19.9 Å². The molecular formula is C14H24O3S. The van der Waals surface area contributed by atoms with Crippen molar-refractivity contribution in [3.05, 3.63) is 12.7 Å². The van der Waals surface area contributed by atoms with Crippen LogP contribution < -0.4 is 0 Å². The quantitative estimate of drug-likeness (QED) is 0.630. The summed E-state index contributed by atoms with van der Waals surface area (Å²) in [6.45, 7) is 10.7. The summed E-state index contributed by atoms with van der Waals surface area (Å²) in [6.07, 6.45) is 4.24. The van der Waals surface area contributed by atoms with Crippen LogP contribution in [-0.2, 0) is 14.2 Å². The standard InChI is InChI=1S/C14H24O3S/c1-5-14(4)7-6-11(17-14)13(2,3)12-10(8-18)15-9-16-12/h5,10-12,18H,1,6-9H2,2-4H3. The molecule has 2 fully saturated rings. The monoisotopic (exact) mass is 272 g/mol. The number of hydrogen-bond donors (Lipinski definition) is 1. The van der Waals surface area contributed by atoms with Crippen molar-refractivity contribution in [3.8, 4) is 0 Å². The highest BCUT2D eigenvalue weighted by molar-refractivity contribution is 7.80. The molecule has 4 unspecified atom stereocenters. The van der Waals surface area contributed by atoms with E-state index in [0.29, 0.717) is 12.5 Å². The van der Waals surface area contributed by atoms with Crippen molar-refractivity contribution >= 4 is 12.6 Å². The third kappa shape index (κ3) is 2.48. The van der Waals surface area contributed by atoms with Crippen LogP contribution in [0.15, 0.2) is 12.7 Å². The van der Waals surface area contributed by atoms with Crippen LogP contribution in [0.25, 0.3) is 0 Å². The predicted octanol–water partition coefficient (Wildman–Crippen LogP) is 2.81. The molecule has 18 heavy (non-hydrogen) atoms. The second-order valence-corrected chi connectivity index (χ2v) is 6.44. The maximum absolute atomic E-state index is 6.19. The van der Waals surface area contributed by atoms with Gasteiger partial charge in [-0.25, -0.2) is 0 Å². The largest absolute Gasteiger partial charge is 0.367 e. The Morgan fingerprint density at radius 2 is 2.17 bits per heavy atom. The van der Waals surface area contributed by atoms with E-state index in [4.69, 9.17) is 14.2 Å². The third-order valence-electron chi connectivity index (χ3n) is 4.36. The summed E-state index contributed by atoms with van der Waals surface area (Å²) in [7, 11) is 0. The minimum atomic E-state index is -0.197. The highest BCUT2D eigenvalue weighted by atomic mass is 32.1. The van der Waals surface area contributed by atoms with Crippen LogP contribution in [-0.4, -0.2) is 36.5 Å². The highest BCUT2D eigenvalue weighted by Crippen LogP contribution is 2.44. The first-order chi connectivity index (χ1) is 8.43. The minimum Gasteiger partial charge on any atom is -0.367 e. The third-order valence-corrected chi connectivity index (χ3v) is 4.72. The Kier molecular flexibility index (Phi) is 4.12. The maximum Gasteiger partial charge on any atom is 0.147 e. The molecule has 3 nitrogen and oxygen atoms in total. The molecule has 0 radical (unpaired) electrons. The van der Waals surface area contributed by atoms with Crippen molar-refractivity contribution in [3.63, 3.8) is 0 Å². The van der Waals surface area contributed by atoms with Crippen molar-refractivity contribution in [2.75, 3.05) is 12.5 Å². The number of hydrogen-bond acceptors (Lipinski definition) is 4. The normalized spacial score (nSPS) is 41.2. The Hall–Kier alpha value is -0.0300. The molecule has 0 aliphatic carbocycles. The Labute approximate surface area is 115 Å². The zero-order valence-electron chi connectivity index (χ0n) is 11.5. The molecule has 0 aromatic carbocycles. The number of rotatable bonds is 4. The van der Waals surface area contributed by atoms with Crippen LogP contribution in [0.5, 0.6) is 0 Å². The van der Waals surface area contributed by atoms with Crippen LogP contribution in [0.4, 0.5) is 0 Å². The summed E-state index contributed by atoms with van der Waals surface area (Å²) in [5, 5.41) is 0. The summed E-state index contributed by atoms with van der Waals surface area (Å²) >= 11 is 4.34. The SMILES string of the molecule is C=CC1(C)CCC(C(C)(C)C2OCOC2CS)O1. The van der Waals surface area contributed by atoms with Gasteiger partial charge < -0.3 is 14.2 Å². The van der Waals surface area contributed by atoms with Crippen molar-refractivity contribution in [2.24, 2.45) is 5.41 Å². The highest BCUT2D eigenvalue weighted by Gasteiger charge is 2.50. The second kappa shape index (κ2) is 5.16. The fraction of sp³-hybridized carbons (Fsp3) is 0.857. The Morgan fingerprint density at radius 3 is 2.72 bits per heavy atom. The fourth-order valence-corrected chi connectivity index (χ4v) is 3.25. The van der Waals surface area contributed by atoms with Crippen molar-refractivity contribution in [2.45, 2.75) is 57.5 Å². The molecule has 0 spiro atoms. The first-order valence-corrected chi connectivity index (χ1v) is 7.21. The molecule has 2 rings (SSSR count). The van der Waals surface area contributed by atoms with Gasteiger partial charge >= 0.3 is 0 Å². The topological polar surface area (TPSA) is 27.7 Å². The zero-order chi connectivity index (χ0) is 13.4. The number of ether oxygens (including phenoxy) is 3. The smallest absolute Gasteiger partial charge is 0.147 e. The van der Waals surface area contributed by atoms with Gasteiger partial charge in [-0.05, 0) is 19.8 Å². The van der Waals surface area contributed by atoms with Crippen LogP contribution >= 0.6 is 12.6 Å². The van der Waals surface area contributed by atoms with Gasteiger partial charge in [-0.3, -0.25) is 0 Å². The first kappa shape index (κ1) is 14.4. The fourth-order valence-electron chi connectivity index (χ4n) is 2.95. The van der Waals surface area contributed by atoms with Crippen molar-refractivity contribution < 1.29 is 14.2 Å². The van der Waals surface area contributed by atoms with Crippen molar-refractivity contribution in [1.29, 1.82) is 0 Å². The van der Waals surface area contributed by atoms with Crippen LogP contribution in [0.2, 0.25) is 0 Å². The number of thiol groups is 1. The van der Waals surface area contributed by atoms with Gasteiger partial charge in [0.25, 0.3) is 0 Å². The molecule has 0 amide bonds. The van der Waals surface area contributed by atoms with E-state index in [1.54, 1.807) is 0 Å². The second-order valence-electron chi connectivity index (χ2n) is 6.08. The average Bonchev–Trinajstić information content (AvgIpc) is 2.96. The van der Waals surface area contributed by atoms with E-state index in [1.807, 2.05) is 6.08 Å². The summed E-state index contributed by atoms with van der Waals surface area (Å²) in [5.41, 5.74) is -0.275. The van der Waals surface area contributed by atoms with Gasteiger partial charge in [0.05, 0.1) is 23.9 Å². The molecule has 4 heteroatoms. The Morgan fingerprint density at radius 1 is 1.44 bits per heavy atom. The molecule has 2 aliphatic rings. The molecule has 4 atom stereocenters. The molecule has 0 bridgehead atoms. The summed E-state index contributed by atoms with van der Waals surface area (Å²) in [5.74, 6) is 0.680. The summed E-state index contributed by atoms with van der Waals surface area (Å²) in [4.78, 5) is 0. The molecule has 2 heterocycles. The lowest BCUT2D eigenvalue weighted by Crippen LogP contribution is -2.46. The molecule has 0 saturated carbocycles. The molecule has 2 saturated heterocycles. The zero-order valence-corrected chi connectivity index (χ0v) is 12.4. The van der Waals surface area contributed by atoms with Crippen LogP contribution in [0.3, 0.4) is 0 Å². The predicted molar refractivity (Wildman–Crippen MR) is 75.0 cm³/mol. The van der Waals surface area contributed by atoms with E-state index in [9.17, 15) is 0 Å².